The second-order valence-corrected chi connectivity index (χ2v) is 3.66. The first kappa shape index (κ1) is 9.39. The van der Waals surface area contributed by atoms with Crippen molar-refractivity contribution in [3.63, 3.8) is 0 Å². The summed E-state index contributed by atoms with van der Waals surface area (Å²) in [7, 11) is 0. The van der Waals surface area contributed by atoms with Crippen molar-refractivity contribution >= 4 is 11.3 Å². The van der Waals surface area contributed by atoms with Crippen LogP contribution in [-0.4, -0.2) is 4.98 Å². The lowest BCUT2D eigenvalue weighted by Crippen LogP contribution is -1.82. The van der Waals surface area contributed by atoms with Gasteiger partial charge in [0.1, 0.15) is 0 Å². The third kappa shape index (κ3) is 1.85. The van der Waals surface area contributed by atoms with E-state index in [2.05, 4.69) is 10.5 Å². The summed E-state index contributed by atoms with van der Waals surface area (Å²) in [5.41, 5.74) is 4.53. The van der Waals surface area contributed by atoms with E-state index in [1.807, 2.05) is 12.1 Å². The zero-order valence-corrected chi connectivity index (χ0v) is 8.38. The summed E-state index contributed by atoms with van der Waals surface area (Å²) in [6.07, 6.45) is 1.67. The van der Waals surface area contributed by atoms with Gasteiger partial charge in [-0.15, -0.1) is 11.3 Å². The molecule has 0 fully saturated rings. The fraction of sp³-hybridized carbons (Fsp3) is 0. The summed E-state index contributed by atoms with van der Waals surface area (Å²) in [5, 5.41) is 17.6. The van der Waals surface area contributed by atoms with E-state index >= 15 is 0 Å². The van der Waals surface area contributed by atoms with Gasteiger partial charge in [0.05, 0.1) is 28.1 Å². The number of aromatic nitrogens is 1. The zero-order valence-electron chi connectivity index (χ0n) is 7.56. The Morgan fingerprint density at radius 2 is 1.80 bits per heavy atom. The Bertz CT molecular complexity index is 526. The maximum Gasteiger partial charge on any atom is 0.152 e. The molecular formula is C11H4N3S. The van der Waals surface area contributed by atoms with E-state index in [1.165, 1.54) is 11.3 Å². The van der Waals surface area contributed by atoms with Crippen LogP contribution in [0.5, 0.6) is 0 Å². The summed E-state index contributed by atoms with van der Waals surface area (Å²) < 4.78 is 0. The standard InChI is InChI=1S/C11H4N3S/c12-4-8-1-9(5-13)3-10(2-8)11-6-14-7-15-11/h1-3,6H. The molecule has 0 spiro atoms. The van der Waals surface area contributed by atoms with Crippen LogP contribution in [0.4, 0.5) is 0 Å². The Morgan fingerprint density at radius 1 is 1.13 bits per heavy atom. The summed E-state index contributed by atoms with van der Waals surface area (Å²) in [6.45, 7) is 0. The minimum Gasteiger partial charge on any atom is -0.241 e. The lowest BCUT2D eigenvalue weighted by Gasteiger charge is -1.98. The largest absolute Gasteiger partial charge is 0.241 e. The molecule has 0 amide bonds. The van der Waals surface area contributed by atoms with Gasteiger partial charge in [-0.1, -0.05) is 0 Å². The molecule has 3 nitrogen and oxygen atoms in total. The van der Waals surface area contributed by atoms with Crippen LogP contribution in [0.3, 0.4) is 0 Å². The van der Waals surface area contributed by atoms with E-state index in [9.17, 15) is 0 Å². The number of hydrogen-bond acceptors (Lipinski definition) is 4. The molecule has 1 radical (unpaired) electrons. The van der Waals surface area contributed by atoms with Crippen LogP contribution < -0.4 is 0 Å². The molecule has 0 aliphatic rings. The third-order valence-electron chi connectivity index (χ3n) is 1.87. The summed E-state index contributed by atoms with van der Waals surface area (Å²) >= 11 is 1.36. The minimum absolute atomic E-state index is 0.484. The van der Waals surface area contributed by atoms with Crippen LogP contribution in [0, 0.1) is 28.2 Å². The Kier molecular flexibility index (Phi) is 2.45. The fourth-order valence-electron chi connectivity index (χ4n) is 1.22. The topological polar surface area (TPSA) is 60.5 Å². The molecule has 69 valence electrons. The lowest BCUT2D eigenvalue weighted by atomic mass is 10.1. The van der Waals surface area contributed by atoms with Gasteiger partial charge in [-0.3, -0.25) is 0 Å². The first-order valence-electron chi connectivity index (χ1n) is 4.11. The highest BCUT2D eigenvalue weighted by Gasteiger charge is 2.04. The highest BCUT2D eigenvalue weighted by Crippen LogP contribution is 2.24. The SMILES string of the molecule is N#Cc1cc(C#N)cc(-c2cn[c]s2)c1. The van der Waals surface area contributed by atoms with Crippen molar-refractivity contribution in [2.75, 3.05) is 0 Å². The monoisotopic (exact) mass is 210 g/mol. The molecule has 0 saturated carbocycles. The van der Waals surface area contributed by atoms with Crippen LogP contribution >= 0.6 is 11.3 Å². The predicted octanol–water partition coefficient (Wildman–Crippen LogP) is 2.35. The molecule has 0 unspecified atom stereocenters. The molecular weight excluding hydrogens is 206 g/mol. The molecule has 2 rings (SSSR count). The highest BCUT2D eigenvalue weighted by molar-refractivity contribution is 7.12. The number of benzene rings is 1. The molecule has 0 bridgehead atoms. The quantitative estimate of drug-likeness (QED) is 0.725. The maximum atomic E-state index is 8.80. The molecule has 1 aromatic heterocycles. The van der Waals surface area contributed by atoms with Crippen LogP contribution in [0.25, 0.3) is 10.4 Å². The Balaban J connectivity index is 2.59. The van der Waals surface area contributed by atoms with Crippen LogP contribution in [-0.2, 0) is 0 Å². The number of nitriles is 2. The molecule has 0 N–H and O–H groups in total. The Hall–Kier alpha value is -2.17. The second kappa shape index (κ2) is 3.91. The average molecular weight is 210 g/mol. The van der Waals surface area contributed by atoms with Crippen molar-refractivity contribution in [3.05, 3.63) is 41.0 Å². The molecule has 4 heteroatoms. The molecule has 0 saturated heterocycles. The number of nitrogens with zero attached hydrogens (tertiary/aromatic N) is 3. The minimum atomic E-state index is 0.484. The normalized spacial score (nSPS) is 9.20. The molecule has 0 aliphatic heterocycles. The number of hydrogen-bond donors (Lipinski definition) is 0. The van der Waals surface area contributed by atoms with E-state index in [-0.39, 0.29) is 0 Å². The summed E-state index contributed by atoms with van der Waals surface area (Å²) in [6, 6.07) is 9.09. The molecule has 1 aromatic carbocycles. The van der Waals surface area contributed by atoms with Gasteiger partial charge in [0.2, 0.25) is 0 Å². The second-order valence-electron chi connectivity index (χ2n) is 2.84. The van der Waals surface area contributed by atoms with Gasteiger partial charge in [-0.2, -0.15) is 10.5 Å². The molecule has 1 heterocycles. The summed E-state index contributed by atoms with van der Waals surface area (Å²) in [5.74, 6) is 0. The first-order chi connectivity index (χ1) is 7.33. The van der Waals surface area contributed by atoms with Gasteiger partial charge in [0, 0.05) is 6.20 Å². The molecule has 0 aliphatic carbocycles. The zero-order chi connectivity index (χ0) is 10.7. The van der Waals surface area contributed by atoms with Gasteiger partial charge < -0.3 is 0 Å². The van der Waals surface area contributed by atoms with Crippen molar-refractivity contribution in [3.8, 4) is 22.6 Å². The van der Waals surface area contributed by atoms with Crippen molar-refractivity contribution in [1.82, 2.24) is 4.98 Å². The van der Waals surface area contributed by atoms with Gasteiger partial charge in [0.15, 0.2) is 5.51 Å². The number of thiazole rings is 1. The Morgan fingerprint density at radius 3 is 2.27 bits per heavy atom. The van der Waals surface area contributed by atoms with Crippen molar-refractivity contribution < 1.29 is 0 Å². The number of rotatable bonds is 1. The van der Waals surface area contributed by atoms with Crippen LogP contribution in [0.15, 0.2) is 24.4 Å². The smallest absolute Gasteiger partial charge is 0.152 e. The van der Waals surface area contributed by atoms with E-state index in [4.69, 9.17) is 10.5 Å². The first-order valence-corrected chi connectivity index (χ1v) is 4.92. The molecule has 15 heavy (non-hydrogen) atoms. The van der Waals surface area contributed by atoms with Gasteiger partial charge >= 0.3 is 0 Å². The Labute approximate surface area is 90.9 Å². The van der Waals surface area contributed by atoms with Crippen molar-refractivity contribution in [2.45, 2.75) is 0 Å². The lowest BCUT2D eigenvalue weighted by molar-refractivity contribution is 1.40. The van der Waals surface area contributed by atoms with Crippen LogP contribution in [0.2, 0.25) is 0 Å². The van der Waals surface area contributed by atoms with Gasteiger partial charge in [0.25, 0.3) is 0 Å². The van der Waals surface area contributed by atoms with Crippen molar-refractivity contribution in [2.24, 2.45) is 0 Å². The molecule has 2 aromatic rings. The predicted molar refractivity (Wildman–Crippen MR) is 55.8 cm³/mol. The van der Waals surface area contributed by atoms with Gasteiger partial charge in [-0.05, 0) is 23.8 Å². The highest BCUT2D eigenvalue weighted by atomic mass is 32.1. The maximum absolute atomic E-state index is 8.80. The molecule has 0 atom stereocenters. The fourth-order valence-corrected chi connectivity index (χ4v) is 1.76. The van der Waals surface area contributed by atoms with E-state index < -0.39 is 0 Å². The van der Waals surface area contributed by atoms with Crippen molar-refractivity contribution in [1.29, 1.82) is 10.5 Å². The summed E-state index contributed by atoms with van der Waals surface area (Å²) in [4.78, 5) is 4.74. The van der Waals surface area contributed by atoms with E-state index in [1.54, 1.807) is 24.4 Å². The van der Waals surface area contributed by atoms with Gasteiger partial charge in [-0.25, -0.2) is 4.98 Å². The third-order valence-corrected chi connectivity index (χ3v) is 2.62. The van der Waals surface area contributed by atoms with Crippen LogP contribution in [0.1, 0.15) is 11.1 Å². The van der Waals surface area contributed by atoms with E-state index in [0.717, 1.165) is 10.4 Å². The average Bonchev–Trinajstić information content (AvgIpc) is 2.81. The van der Waals surface area contributed by atoms with E-state index in [0.29, 0.717) is 11.1 Å².